The van der Waals surface area contributed by atoms with E-state index < -0.39 is 0 Å². The van der Waals surface area contributed by atoms with Gasteiger partial charge in [-0.15, -0.1) is 0 Å². The van der Waals surface area contributed by atoms with Crippen LogP contribution in [0.1, 0.15) is 11.1 Å². The number of nitrogens with zero attached hydrogens (tertiary/aromatic N) is 1. The van der Waals surface area contributed by atoms with Gasteiger partial charge in [-0.05, 0) is 61.4 Å². The summed E-state index contributed by atoms with van der Waals surface area (Å²) in [4.78, 5) is 4.87. The van der Waals surface area contributed by atoms with Crippen molar-refractivity contribution in [1.29, 1.82) is 0 Å². The monoisotopic (exact) mass is 356 g/mol. The first-order valence-corrected chi connectivity index (χ1v) is 9.26. The smallest absolute Gasteiger partial charge is 0.0751 e. The molecule has 4 N–H and O–H groups in total. The SMILES string of the molecule is Cc1ccc(Nc2ccc3c(NCCN)c4ccccc4nc3c2)cc1C. The van der Waals surface area contributed by atoms with Crippen LogP contribution in [0, 0.1) is 13.8 Å². The average Bonchev–Trinajstić information content (AvgIpc) is 2.68. The Morgan fingerprint density at radius 2 is 1.56 bits per heavy atom. The van der Waals surface area contributed by atoms with Gasteiger partial charge in [0.2, 0.25) is 0 Å². The van der Waals surface area contributed by atoms with Crippen molar-refractivity contribution in [3.05, 3.63) is 71.8 Å². The largest absolute Gasteiger partial charge is 0.383 e. The maximum Gasteiger partial charge on any atom is 0.0751 e. The highest BCUT2D eigenvalue weighted by atomic mass is 14.9. The predicted octanol–water partition coefficient (Wildman–Crippen LogP) is 5.12. The summed E-state index contributed by atoms with van der Waals surface area (Å²) in [7, 11) is 0. The molecule has 0 bridgehead atoms. The molecular formula is C23H24N4. The molecule has 0 aliphatic rings. The quantitative estimate of drug-likeness (QED) is 0.434. The van der Waals surface area contributed by atoms with Crippen molar-refractivity contribution in [2.75, 3.05) is 23.7 Å². The molecule has 1 aromatic heterocycles. The lowest BCUT2D eigenvalue weighted by Gasteiger charge is -2.14. The Morgan fingerprint density at radius 3 is 2.37 bits per heavy atom. The lowest BCUT2D eigenvalue weighted by molar-refractivity contribution is 1.03. The molecule has 0 unspecified atom stereocenters. The van der Waals surface area contributed by atoms with Gasteiger partial charge in [-0.3, -0.25) is 0 Å². The number of aromatic nitrogens is 1. The third kappa shape index (κ3) is 3.44. The van der Waals surface area contributed by atoms with Gasteiger partial charge in [0, 0.05) is 35.2 Å². The molecule has 136 valence electrons. The Morgan fingerprint density at radius 1 is 0.815 bits per heavy atom. The van der Waals surface area contributed by atoms with E-state index in [1.807, 2.05) is 18.2 Å². The van der Waals surface area contributed by atoms with Crippen molar-refractivity contribution in [3.63, 3.8) is 0 Å². The fraction of sp³-hybridized carbons (Fsp3) is 0.174. The van der Waals surface area contributed by atoms with Gasteiger partial charge in [-0.1, -0.05) is 24.3 Å². The summed E-state index contributed by atoms with van der Waals surface area (Å²) in [5, 5.41) is 9.20. The molecule has 0 aliphatic carbocycles. The number of para-hydroxylation sites is 1. The lowest BCUT2D eigenvalue weighted by atomic mass is 10.1. The van der Waals surface area contributed by atoms with E-state index in [2.05, 4.69) is 66.9 Å². The van der Waals surface area contributed by atoms with Gasteiger partial charge < -0.3 is 16.4 Å². The summed E-state index contributed by atoms with van der Waals surface area (Å²) in [5.74, 6) is 0. The van der Waals surface area contributed by atoms with Crippen LogP contribution in [-0.2, 0) is 0 Å². The van der Waals surface area contributed by atoms with Crippen molar-refractivity contribution in [3.8, 4) is 0 Å². The second-order valence-corrected chi connectivity index (χ2v) is 6.88. The Kier molecular flexibility index (Phi) is 4.65. The molecule has 1 heterocycles. The van der Waals surface area contributed by atoms with E-state index in [0.717, 1.165) is 45.4 Å². The first-order valence-electron chi connectivity index (χ1n) is 9.26. The number of hydrogen-bond acceptors (Lipinski definition) is 4. The summed E-state index contributed by atoms with van der Waals surface area (Å²) in [6.07, 6.45) is 0. The fourth-order valence-electron chi connectivity index (χ4n) is 3.34. The van der Waals surface area contributed by atoms with Crippen LogP contribution >= 0.6 is 0 Å². The van der Waals surface area contributed by atoms with Crippen molar-refractivity contribution in [2.45, 2.75) is 13.8 Å². The number of nitrogens with one attached hydrogen (secondary N) is 2. The minimum atomic E-state index is 0.588. The Balaban J connectivity index is 1.79. The second-order valence-electron chi connectivity index (χ2n) is 6.88. The van der Waals surface area contributed by atoms with Gasteiger partial charge in [-0.2, -0.15) is 0 Å². The number of pyridine rings is 1. The van der Waals surface area contributed by atoms with Gasteiger partial charge in [0.15, 0.2) is 0 Å². The van der Waals surface area contributed by atoms with Crippen molar-refractivity contribution < 1.29 is 0 Å². The van der Waals surface area contributed by atoms with Gasteiger partial charge in [0.25, 0.3) is 0 Å². The third-order valence-corrected chi connectivity index (χ3v) is 4.92. The second kappa shape index (κ2) is 7.25. The van der Waals surface area contributed by atoms with E-state index in [0.29, 0.717) is 6.54 Å². The highest BCUT2D eigenvalue weighted by Gasteiger charge is 2.09. The van der Waals surface area contributed by atoms with E-state index in [-0.39, 0.29) is 0 Å². The number of rotatable bonds is 5. The van der Waals surface area contributed by atoms with E-state index in [1.165, 1.54) is 11.1 Å². The number of nitrogens with two attached hydrogens (primary N) is 1. The minimum absolute atomic E-state index is 0.588. The molecule has 0 spiro atoms. The molecule has 3 aromatic carbocycles. The van der Waals surface area contributed by atoms with Crippen LogP contribution < -0.4 is 16.4 Å². The molecule has 0 aliphatic heterocycles. The molecule has 4 heteroatoms. The van der Waals surface area contributed by atoms with Crippen LogP contribution in [0.2, 0.25) is 0 Å². The summed E-state index contributed by atoms with van der Waals surface area (Å²) >= 11 is 0. The molecule has 0 fully saturated rings. The predicted molar refractivity (Wildman–Crippen MR) is 116 cm³/mol. The van der Waals surface area contributed by atoms with E-state index in [1.54, 1.807) is 0 Å². The molecule has 27 heavy (non-hydrogen) atoms. The van der Waals surface area contributed by atoms with E-state index >= 15 is 0 Å². The van der Waals surface area contributed by atoms with Crippen LogP contribution in [0.5, 0.6) is 0 Å². The first-order chi connectivity index (χ1) is 13.2. The third-order valence-electron chi connectivity index (χ3n) is 4.92. The zero-order valence-electron chi connectivity index (χ0n) is 15.7. The molecule has 4 aromatic rings. The summed E-state index contributed by atoms with van der Waals surface area (Å²) in [6.45, 7) is 5.57. The minimum Gasteiger partial charge on any atom is -0.383 e. The van der Waals surface area contributed by atoms with Gasteiger partial charge in [0.1, 0.15) is 0 Å². The number of aryl methyl sites for hydroxylation is 2. The number of anilines is 3. The highest BCUT2D eigenvalue weighted by molar-refractivity contribution is 6.08. The maximum atomic E-state index is 5.71. The molecule has 4 nitrogen and oxygen atoms in total. The van der Waals surface area contributed by atoms with Gasteiger partial charge in [-0.25, -0.2) is 4.98 Å². The van der Waals surface area contributed by atoms with Crippen LogP contribution in [0.3, 0.4) is 0 Å². The van der Waals surface area contributed by atoms with Crippen LogP contribution in [0.15, 0.2) is 60.7 Å². The van der Waals surface area contributed by atoms with Crippen LogP contribution in [0.4, 0.5) is 17.1 Å². The topological polar surface area (TPSA) is 63.0 Å². The first kappa shape index (κ1) is 17.3. The Labute approximate surface area is 159 Å². The summed E-state index contributed by atoms with van der Waals surface area (Å²) in [6, 6.07) is 20.9. The molecule has 0 atom stereocenters. The molecule has 0 radical (unpaired) electrons. The van der Waals surface area contributed by atoms with Crippen molar-refractivity contribution in [1.82, 2.24) is 4.98 Å². The van der Waals surface area contributed by atoms with Crippen molar-refractivity contribution >= 4 is 38.9 Å². The zero-order valence-corrected chi connectivity index (χ0v) is 15.7. The summed E-state index contributed by atoms with van der Waals surface area (Å²) < 4.78 is 0. The Hall–Kier alpha value is -3.11. The fourth-order valence-corrected chi connectivity index (χ4v) is 3.34. The van der Waals surface area contributed by atoms with Crippen LogP contribution in [0.25, 0.3) is 21.8 Å². The van der Waals surface area contributed by atoms with Crippen molar-refractivity contribution in [2.24, 2.45) is 5.73 Å². The van der Waals surface area contributed by atoms with Gasteiger partial charge >= 0.3 is 0 Å². The standard InChI is InChI=1S/C23H24N4/c1-15-7-8-17(13-16(15)2)26-18-9-10-20-22(14-18)27-21-6-4-3-5-19(21)23(20)25-12-11-24/h3-10,13-14,26H,11-12,24H2,1-2H3,(H,25,27). The molecule has 0 saturated heterocycles. The van der Waals surface area contributed by atoms with Gasteiger partial charge in [0.05, 0.1) is 16.7 Å². The molecule has 0 amide bonds. The van der Waals surface area contributed by atoms with E-state index in [9.17, 15) is 0 Å². The normalized spacial score (nSPS) is 11.1. The molecule has 4 rings (SSSR count). The van der Waals surface area contributed by atoms with E-state index in [4.69, 9.17) is 10.7 Å². The molecular weight excluding hydrogens is 332 g/mol. The average molecular weight is 356 g/mol. The lowest BCUT2D eigenvalue weighted by Crippen LogP contribution is -2.13. The number of hydrogen-bond donors (Lipinski definition) is 3. The zero-order chi connectivity index (χ0) is 18.8. The maximum absolute atomic E-state index is 5.71. The van der Waals surface area contributed by atoms with Crippen LogP contribution in [-0.4, -0.2) is 18.1 Å². The highest BCUT2D eigenvalue weighted by Crippen LogP contribution is 2.32. The molecule has 0 saturated carbocycles. The Bertz CT molecular complexity index is 1120. The number of fused-ring (bicyclic) bond motifs is 2. The number of benzene rings is 3. The summed E-state index contributed by atoms with van der Waals surface area (Å²) in [5.41, 5.74) is 13.4.